The van der Waals surface area contributed by atoms with Crippen LogP contribution in [0.25, 0.3) is 0 Å². The van der Waals surface area contributed by atoms with E-state index in [1.807, 2.05) is 13.8 Å². The van der Waals surface area contributed by atoms with Crippen LogP contribution in [0.1, 0.15) is 67.8 Å². The Hall–Kier alpha value is -2.44. The number of nitro groups is 1. The van der Waals surface area contributed by atoms with Crippen molar-refractivity contribution in [3.63, 3.8) is 0 Å². The number of carbonyl (C=O) groups excluding carboxylic acids is 1. The summed E-state index contributed by atoms with van der Waals surface area (Å²) in [4.78, 5) is 33.1. The van der Waals surface area contributed by atoms with E-state index in [0.717, 1.165) is 19.3 Å². The standard InChI is InChI=1S/C17H24N2O5/c1-12(2)14-9-8-13(11-15(14)19(23)24)17(22)18-10-6-4-3-5-7-16(20)21/h8-9,11-12H,3-7,10H2,1-2H3,(H,18,22)(H,20,21). The Labute approximate surface area is 141 Å². The molecule has 7 nitrogen and oxygen atoms in total. The molecule has 0 saturated heterocycles. The molecule has 0 atom stereocenters. The number of aliphatic carboxylic acids is 1. The Morgan fingerprint density at radius 3 is 2.46 bits per heavy atom. The number of unbranched alkanes of at least 4 members (excludes halogenated alkanes) is 3. The highest BCUT2D eigenvalue weighted by Crippen LogP contribution is 2.27. The average molecular weight is 336 g/mol. The topological polar surface area (TPSA) is 110 Å². The van der Waals surface area contributed by atoms with Crippen LogP contribution in [0.15, 0.2) is 18.2 Å². The van der Waals surface area contributed by atoms with Gasteiger partial charge in [0.15, 0.2) is 0 Å². The third kappa shape index (κ3) is 6.36. The van der Waals surface area contributed by atoms with Gasteiger partial charge in [-0.2, -0.15) is 0 Å². The molecule has 2 N–H and O–H groups in total. The van der Waals surface area contributed by atoms with Crippen LogP contribution >= 0.6 is 0 Å². The summed E-state index contributed by atoms with van der Waals surface area (Å²) < 4.78 is 0. The number of nitrogens with zero attached hydrogens (tertiary/aromatic N) is 1. The molecular weight excluding hydrogens is 312 g/mol. The van der Waals surface area contributed by atoms with Crippen molar-refractivity contribution in [1.82, 2.24) is 5.32 Å². The zero-order valence-corrected chi connectivity index (χ0v) is 14.1. The van der Waals surface area contributed by atoms with Gasteiger partial charge in [-0.05, 0) is 24.8 Å². The molecule has 0 unspecified atom stereocenters. The molecule has 132 valence electrons. The molecular formula is C17H24N2O5. The van der Waals surface area contributed by atoms with Gasteiger partial charge in [-0.25, -0.2) is 0 Å². The Bertz CT molecular complexity index is 599. The van der Waals surface area contributed by atoms with Crippen molar-refractivity contribution in [3.8, 4) is 0 Å². The molecule has 0 bridgehead atoms. The lowest BCUT2D eigenvalue weighted by molar-refractivity contribution is -0.385. The molecule has 24 heavy (non-hydrogen) atoms. The first-order valence-corrected chi connectivity index (χ1v) is 8.11. The van der Waals surface area contributed by atoms with Crippen molar-refractivity contribution in [2.45, 2.75) is 51.9 Å². The fourth-order valence-electron chi connectivity index (χ4n) is 2.39. The smallest absolute Gasteiger partial charge is 0.303 e. The number of amides is 1. The zero-order valence-electron chi connectivity index (χ0n) is 14.1. The lowest BCUT2D eigenvalue weighted by atomic mass is 9.99. The molecule has 0 saturated carbocycles. The summed E-state index contributed by atoms with van der Waals surface area (Å²) in [5, 5.41) is 22.4. The summed E-state index contributed by atoms with van der Waals surface area (Å²) in [6.45, 7) is 4.20. The number of carbonyl (C=O) groups is 2. The maximum Gasteiger partial charge on any atom is 0.303 e. The number of nitrogens with one attached hydrogen (secondary N) is 1. The molecule has 0 spiro atoms. The molecule has 1 aromatic rings. The normalized spacial score (nSPS) is 10.6. The van der Waals surface area contributed by atoms with Gasteiger partial charge in [0.25, 0.3) is 11.6 Å². The molecule has 0 radical (unpaired) electrons. The van der Waals surface area contributed by atoms with E-state index in [4.69, 9.17) is 5.11 Å². The number of hydrogen-bond donors (Lipinski definition) is 2. The first-order chi connectivity index (χ1) is 11.3. The minimum Gasteiger partial charge on any atom is -0.481 e. The summed E-state index contributed by atoms with van der Waals surface area (Å²) in [6.07, 6.45) is 3.18. The highest BCUT2D eigenvalue weighted by Gasteiger charge is 2.19. The minimum absolute atomic E-state index is 0.00770. The van der Waals surface area contributed by atoms with Gasteiger partial charge in [0.05, 0.1) is 4.92 Å². The van der Waals surface area contributed by atoms with E-state index in [1.165, 1.54) is 6.07 Å². The van der Waals surface area contributed by atoms with Crippen molar-refractivity contribution >= 4 is 17.6 Å². The molecule has 0 aliphatic heterocycles. The number of benzene rings is 1. The Morgan fingerprint density at radius 2 is 1.88 bits per heavy atom. The van der Waals surface area contributed by atoms with Gasteiger partial charge in [0.1, 0.15) is 0 Å². The monoisotopic (exact) mass is 336 g/mol. The summed E-state index contributed by atoms with van der Waals surface area (Å²) in [5.74, 6) is -1.12. The van der Waals surface area contributed by atoms with Crippen molar-refractivity contribution in [2.75, 3.05) is 6.54 Å². The highest BCUT2D eigenvalue weighted by atomic mass is 16.6. The fraction of sp³-hybridized carbons (Fsp3) is 0.529. The number of hydrogen-bond acceptors (Lipinski definition) is 4. The molecule has 0 aromatic heterocycles. The van der Waals surface area contributed by atoms with Crippen LogP contribution in [-0.2, 0) is 4.79 Å². The van der Waals surface area contributed by atoms with Crippen LogP contribution in [0, 0.1) is 10.1 Å². The number of rotatable bonds is 10. The van der Waals surface area contributed by atoms with E-state index in [2.05, 4.69) is 5.32 Å². The van der Waals surface area contributed by atoms with Crippen LogP contribution in [0.3, 0.4) is 0 Å². The van der Waals surface area contributed by atoms with Crippen molar-refractivity contribution < 1.29 is 19.6 Å². The highest BCUT2D eigenvalue weighted by molar-refractivity contribution is 5.95. The average Bonchev–Trinajstić information content (AvgIpc) is 2.52. The molecule has 0 heterocycles. The largest absolute Gasteiger partial charge is 0.481 e. The second kappa shape index (κ2) is 9.64. The van der Waals surface area contributed by atoms with E-state index in [-0.39, 0.29) is 29.5 Å². The van der Waals surface area contributed by atoms with Crippen molar-refractivity contribution in [2.24, 2.45) is 0 Å². The predicted molar refractivity (Wildman–Crippen MR) is 90.2 cm³/mol. The van der Waals surface area contributed by atoms with Gasteiger partial charge in [-0.15, -0.1) is 0 Å². The molecule has 0 aliphatic carbocycles. The molecule has 0 aliphatic rings. The first kappa shape index (κ1) is 19.6. The van der Waals surface area contributed by atoms with E-state index >= 15 is 0 Å². The minimum atomic E-state index is -0.797. The second-order valence-electron chi connectivity index (χ2n) is 6.00. The molecule has 1 rings (SSSR count). The maximum absolute atomic E-state index is 12.1. The van der Waals surface area contributed by atoms with E-state index in [9.17, 15) is 19.7 Å². The van der Waals surface area contributed by atoms with Gasteiger partial charge in [0.2, 0.25) is 0 Å². The van der Waals surface area contributed by atoms with Gasteiger partial charge in [-0.3, -0.25) is 19.7 Å². The van der Waals surface area contributed by atoms with Crippen LogP contribution in [0.5, 0.6) is 0 Å². The van der Waals surface area contributed by atoms with Gasteiger partial charge < -0.3 is 10.4 Å². The van der Waals surface area contributed by atoms with Crippen LogP contribution in [-0.4, -0.2) is 28.5 Å². The van der Waals surface area contributed by atoms with Gasteiger partial charge in [-0.1, -0.05) is 32.8 Å². The quantitative estimate of drug-likeness (QED) is 0.386. The molecule has 1 amide bonds. The molecule has 0 fully saturated rings. The van der Waals surface area contributed by atoms with Gasteiger partial charge in [0, 0.05) is 30.2 Å². The zero-order chi connectivity index (χ0) is 18.1. The molecule has 7 heteroatoms. The Kier molecular flexibility index (Phi) is 7.88. The third-order valence-corrected chi connectivity index (χ3v) is 3.71. The summed E-state index contributed by atoms with van der Waals surface area (Å²) in [6, 6.07) is 4.55. The third-order valence-electron chi connectivity index (χ3n) is 3.71. The van der Waals surface area contributed by atoms with Gasteiger partial charge >= 0.3 is 5.97 Å². The maximum atomic E-state index is 12.1. The van der Waals surface area contributed by atoms with E-state index in [0.29, 0.717) is 18.5 Å². The summed E-state index contributed by atoms with van der Waals surface area (Å²) >= 11 is 0. The summed E-state index contributed by atoms with van der Waals surface area (Å²) in [5.41, 5.74) is 0.846. The lowest BCUT2D eigenvalue weighted by Gasteiger charge is -2.09. The fourth-order valence-corrected chi connectivity index (χ4v) is 2.39. The van der Waals surface area contributed by atoms with E-state index < -0.39 is 10.9 Å². The molecule has 1 aromatic carbocycles. The SMILES string of the molecule is CC(C)c1ccc(C(=O)NCCCCCCC(=O)O)cc1[N+](=O)[O-]. The lowest BCUT2D eigenvalue weighted by Crippen LogP contribution is -2.24. The predicted octanol–water partition coefficient (Wildman–Crippen LogP) is 3.48. The Morgan fingerprint density at radius 1 is 1.21 bits per heavy atom. The van der Waals surface area contributed by atoms with E-state index in [1.54, 1.807) is 12.1 Å². The second-order valence-corrected chi connectivity index (χ2v) is 6.00. The van der Waals surface area contributed by atoms with Crippen molar-refractivity contribution in [1.29, 1.82) is 0 Å². The Balaban J connectivity index is 2.49. The number of carboxylic acid groups (broad SMARTS) is 1. The first-order valence-electron chi connectivity index (χ1n) is 8.11. The number of carboxylic acids is 1. The van der Waals surface area contributed by atoms with Crippen LogP contribution < -0.4 is 5.32 Å². The summed E-state index contributed by atoms with van der Waals surface area (Å²) in [7, 11) is 0. The van der Waals surface area contributed by atoms with Crippen LogP contribution in [0.4, 0.5) is 5.69 Å². The van der Waals surface area contributed by atoms with Crippen molar-refractivity contribution in [3.05, 3.63) is 39.4 Å². The number of nitro benzene ring substituents is 1. The van der Waals surface area contributed by atoms with Crippen LogP contribution in [0.2, 0.25) is 0 Å².